The molecule has 0 atom stereocenters. The van der Waals surface area contributed by atoms with Gasteiger partial charge in [-0.25, -0.2) is 0 Å². The van der Waals surface area contributed by atoms with E-state index >= 15 is 0 Å². The largest absolute Gasteiger partial charge is 0.464 e. The smallest absolute Gasteiger partial charge is 0.302 e. The van der Waals surface area contributed by atoms with E-state index in [2.05, 4.69) is 9.91 Å². The first kappa shape index (κ1) is 7.07. The lowest BCUT2D eigenvalue weighted by Gasteiger charge is -1.92. The van der Waals surface area contributed by atoms with Crippen LogP contribution >= 0.6 is 0 Å². The minimum absolute atomic E-state index is 0.0413. The van der Waals surface area contributed by atoms with Gasteiger partial charge < -0.3 is 4.74 Å². The molecule has 0 aromatic rings. The summed E-state index contributed by atoms with van der Waals surface area (Å²) in [6, 6.07) is 0. The van der Waals surface area contributed by atoms with Crippen LogP contribution in [-0.2, 0) is 9.53 Å². The van der Waals surface area contributed by atoms with Crippen LogP contribution in [-0.4, -0.2) is 19.1 Å². The summed E-state index contributed by atoms with van der Waals surface area (Å²) in [6.07, 6.45) is 0. The van der Waals surface area contributed by atoms with E-state index in [9.17, 15) is 9.70 Å². The Morgan fingerprint density at radius 3 is 2.75 bits per heavy atom. The minimum atomic E-state index is -0.381. The summed E-state index contributed by atoms with van der Waals surface area (Å²) in [5, 5.41) is 2.48. The van der Waals surface area contributed by atoms with E-state index in [4.69, 9.17) is 0 Å². The second kappa shape index (κ2) is 4.23. The van der Waals surface area contributed by atoms with Crippen molar-refractivity contribution in [1.29, 1.82) is 0 Å². The SMILES string of the molecule is CC(=O)OCCN=O. The van der Waals surface area contributed by atoms with Gasteiger partial charge in [0.2, 0.25) is 0 Å². The van der Waals surface area contributed by atoms with Gasteiger partial charge in [0.05, 0.1) is 0 Å². The summed E-state index contributed by atoms with van der Waals surface area (Å²) in [7, 11) is 0. The first-order valence-corrected chi connectivity index (χ1v) is 2.20. The highest BCUT2D eigenvalue weighted by Gasteiger charge is 1.88. The number of hydrogen-bond donors (Lipinski definition) is 0. The van der Waals surface area contributed by atoms with Crippen molar-refractivity contribution in [2.45, 2.75) is 6.92 Å². The fraction of sp³-hybridized carbons (Fsp3) is 0.750. The Kier molecular flexibility index (Phi) is 3.74. The number of esters is 1. The van der Waals surface area contributed by atoms with Gasteiger partial charge in [-0.3, -0.25) is 4.79 Å². The fourth-order valence-corrected chi connectivity index (χ4v) is 0.227. The zero-order valence-corrected chi connectivity index (χ0v) is 4.59. The Morgan fingerprint density at radius 2 is 2.38 bits per heavy atom. The number of carbonyl (C=O) groups excluding carboxylic acids is 1. The summed E-state index contributed by atoms with van der Waals surface area (Å²) in [4.78, 5) is 19.3. The van der Waals surface area contributed by atoms with Gasteiger partial charge in [0, 0.05) is 6.92 Å². The molecule has 0 saturated heterocycles. The monoisotopic (exact) mass is 117 g/mol. The molecule has 0 rings (SSSR count). The van der Waals surface area contributed by atoms with Gasteiger partial charge in [-0.2, -0.15) is 4.91 Å². The molecule has 4 heteroatoms. The third kappa shape index (κ3) is 5.07. The van der Waals surface area contributed by atoms with Crippen LogP contribution in [0.1, 0.15) is 6.92 Å². The van der Waals surface area contributed by atoms with Crippen molar-refractivity contribution in [3.05, 3.63) is 4.91 Å². The van der Waals surface area contributed by atoms with Gasteiger partial charge in [0.25, 0.3) is 0 Å². The molecule has 0 fully saturated rings. The Labute approximate surface area is 46.8 Å². The van der Waals surface area contributed by atoms with Crippen LogP contribution in [0.25, 0.3) is 0 Å². The van der Waals surface area contributed by atoms with Crippen LogP contribution in [0.4, 0.5) is 0 Å². The molecule has 0 radical (unpaired) electrons. The molecule has 8 heavy (non-hydrogen) atoms. The van der Waals surface area contributed by atoms with Crippen LogP contribution in [0.3, 0.4) is 0 Å². The average Bonchev–Trinajstić information content (AvgIpc) is 1.66. The summed E-state index contributed by atoms with van der Waals surface area (Å²) in [5.41, 5.74) is 0. The van der Waals surface area contributed by atoms with Crippen LogP contribution in [0.2, 0.25) is 0 Å². The van der Waals surface area contributed by atoms with E-state index in [1.165, 1.54) is 6.92 Å². The number of nitroso groups, excluding NO2 is 1. The lowest BCUT2D eigenvalue weighted by molar-refractivity contribution is -0.140. The van der Waals surface area contributed by atoms with Crippen molar-refractivity contribution in [3.63, 3.8) is 0 Å². The molecule has 0 aliphatic carbocycles. The van der Waals surface area contributed by atoms with E-state index < -0.39 is 0 Å². The second-order valence-electron chi connectivity index (χ2n) is 1.19. The van der Waals surface area contributed by atoms with Gasteiger partial charge in [-0.1, -0.05) is 5.18 Å². The Hall–Kier alpha value is -0.930. The molecular formula is C4H7NO3. The molecule has 0 aromatic carbocycles. The molecule has 0 unspecified atom stereocenters. The van der Waals surface area contributed by atoms with E-state index in [-0.39, 0.29) is 19.1 Å². The third-order valence-electron chi connectivity index (χ3n) is 0.488. The standard InChI is InChI=1S/C4H7NO3/c1-4(6)8-3-2-5-7/h2-3H2,1H3. The van der Waals surface area contributed by atoms with E-state index in [0.717, 1.165) is 0 Å². The molecule has 0 aliphatic heterocycles. The van der Waals surface area contributed by atoms with E-state index in [1.807, 2.05) is 0 Å². The van der Waals surface area contributed by atoms with Gasteiger partial charge in [0.1, 0.15) is 13.2 Å². The minimum Gasteiger partial charge on any atom is -0.464 e. The number of ether oxygens (including phenoxy) is 1. The predicted molar refractivity (Wildman–Crippen MR) is 27.3 cm³/mol. The zero-order chi connectivity index (χ0) is 6.41. The Balaban J connectivity index is 2.93. The van der Waals surface area contributed by atoms with Gasteiger partial charge in [-0.05, 0) is 0 Å². The third-order valence-corrected chi connectivity index (χ3v) is 0.488. The van der Waals surface area contributed by atoms with E-state index in [0.29, 0.717) is 0 Å². The van der Waals surface area contributed by atoms with Crippen molar-refractivity contribution in [2.75, 3.05) is 13.2 Å². The average molecular weight is 117 g/mol. The maximum atomic E-state index is 9.95. The number of carbonyl (C=O) groups is 1. The summed E-state index contributed by atoms with van der Waals surface area (Å²) >= 11 is 0. The van der Waals surface area contributed by atoms with E-state index in [1.54, 1.807) is 0 Å². The Morgan fingerprint density at radius 1 is 1.75 bits per heavy atom. The molecule has 0 saturated carbocycles. The summed E-state index contributed by atoms with van der Waals surface area (Å²) < 4.78 is 4.35. The molecular weight excluding hydrogens is 110 g/mol. The van der Waals surface area contributed by atoms with Gasteiger partial charge in [-0.15, -0.1) is 0 Å². The maximum absolute atomic E-state index is 9.95. The Bertz CT molecular complexity index is 91.3. The number of hydrogen-bond acceptors (Lipinski definition) is 4. The van der Waals surface area contributed by atoms with Gasteiger partial charge >= 0.3 is 5.97 Å². The fourth-order valence-electron chi connectivity index (χ4n) is 0.227. The molecule has 4 nitrogen and oxygen atoms in total. The van der Waals surface area contributed by atoms with Gasteiger partial charge in [0.15, 0.2) is 0 Å². The quantitative estimate of drug-likeness (QED) is 0.304. The second-order valence-corrected chi connectivity index (χ2v) is 1.19. The highest BCUT2D eigenvalue weighted by Crippen LogP contribution is 1.75. The van der Waals surface area contributed by atoms with Crippen molar-refractivity contribution >= 4 is 5.97 Å². The normalized spacial score (nSPS) is 8.12. The van der Waals surface area contributed by atoms with Crippen LogP contribution in [0.15, 0.2) is 5.18 Å². The van der Waals surface area contributed by atoms with Crippen LogP contribution in [0, 0.1) is 4.91 Å². The highest BCUT2D eigenvalue weighted by molar-refractivity contribution is 5.65. The first-order chi connectivity index (χ1) is 3.77. The van der Waals surface area contributed by atoms with Crippen molar-refractivity contribution in [2.24, 2.45) is 5.18 Å². The molecule has 0 aliphatic rings. The lowest BCUT2D eigenvalue weighted by Crippen LogP contribution is -2.02. The molecule has 0 amide bonds. The predicted octanol–water partition coefficient (Wildman–Crippen LogP) is 0.316. The molecule has 46 valence electrons. The number of nitrogens with zero attached hydrogens (tertiary/aromatic N) is 1. The maximum Gasteiger partial charge on any atom is 0.302 e. The summed E-state index contributed by atoms with van der Waals surface area (Å²) in [5.74, 6) is -0.381. The van der Waals surface area contributed by atoms with Crippen molar-refractivity contribution in [1.82, 2.24) is 0 Å². The number of rotatable bonds is 3. The van der Waals surface area contributed by atoms with Crippen LogP contribution in [0.5, 0.6) is 0 Å². The van der Waals surface area contributed by atoms with Crippen LogP contribution < -0.4 is 0 Å². The molecule has 0 heterocycles. The lowest BCUT2D eigenvalue weighted by atomic mass is 10.7. The van der Waals surface area contributed by atoms with Crippen molar-refractivity contribution in [3.8, 4) is 0 Å². The molecule has 0 aromatic heterocycles. The van der Waals surface area contributed by atoms with Crippen molar-refractivity contribution < 1.29 is 9.53 Å². The zero-order valence-electron chi connectivity index (χ0n) is 4.59. The highest BCUT2D eigenvalue weighted by atomic mass is 16.5. The first-order valence-electron chi connectivity index (χ1n) is 2.20. The topological polar surface area (TPSA) is 55.7 Å². The molecule has 0 spiro atoms. The summed E-state index contributed by atoms with van der Waals surface area (Å²) in [6.45, 7) is 1.42. The molecule has 0 N–H and O–H groups in total. The molecule has 0 bridgehead atoms.